The fraction of sp³-hybridized carbons (Fsp3) is 0.500. The SMILES string of the molecule is COC(=O)[C@@H](NC(=O)OCc1ccccc1)[C@@H](CC(=O)OC(C)(C)C)C(=O)OC. The molecule has 0 fully saturated rings. The average Bonchev–Trinajstić information content (AvgIpc) is 2.67. The van der Waals surface area contributed by atoms with E-state index in [1.807, 2.05) is 6.07 Å². The fourth-order valence-electron chi connectivity index (χ4n) is 2.39. The summed E-state index contributed by atoms with van der Waals surface area (Å²) in [7, 11) is 2.20. The fourth-order valence-corrected chi connectivity index (χ4v) is 2.39. The minimum absolute atomic E-state index is 0.0461. The number of hydrogen-bond acceptors (Lipinski definition) is 8. The van der Waals surface area contributed by atoms with Crippen LogP contribution in [0.15, 0.2) is 30.3 Å². The van der Waals surface area contributed by atoms with Gasteiger partial charge in [-0.15, -0.1) is 0 Å². The smallest absolute Gasteiger partial charge is 0.408 e. The van der Waals surface area contributed by atoms with Crippen molar-refractivity contribution in [2.45, 2.75) is 45.4 Å². The predicted molar refractivity (Wildman–Crippen MR) is 102 cm³/mol. The van der Waals surface area contributed by atoms with Crippen LogP contribution in [0.3, 0.4) is 0 Å². The Kier molecular flexibility index (Phi) is 9.11. The molecule has 0 aromatic heterocycles. The van der Waals surface area contributed by atoms with Crippen molar-refractivity contribution < 1.29 is 38.1 Å². The summed E-state index contributed by atoms with van der Waals surface area (Å²) in [6, 6.07) is 7.39. The maximum Gasteiger partial charge on any atom is 0.408 e. The number of carbonyl (C=O) groups excluding carboxylic acids is 4. The van der Waals surface area contributed by atoms with Crippen molar-refractivity contribution in [3.8, 4) is 0 Å². The van der Waals surface area contributed by atoms with Crippen molar-refractivity contribution in [2.75, 3.05) is 14.2 Å². The second-order valence-corrected chi connectivity index (χ2v) is 7.13. The summed E-state index contributed by atoms with van der Waals surface area (Å²) in [6.45, 7) is 4.94. The van der Waals surface area contributed by atoms with Crippen molar-refractivity contribution in [1.29, 1.82) is 0 Å². The van der Waals surface area contributed by atoms with Gasteiger partial charge in [0, 0.05) is 0 Å². The molecule has 0 aliphatic carbocycles. The van der Waals surface area contributed by atoms with Gasteiger partial charge < -0.3 is 24.3 Å². The second kappa shape index (κ2) is 11.0. The van der Waals surface area contributed by atoms with E-state index in [0.29, 0.717) is 0 Å². The Hall–Kier alpha value is -3.10. The standard InChI is InChI=1S/C20H27NO8/c1-20(2,3)29-15(22)11-14(17(23)26-4)16(18(24)27-5)21-19(25)28-12-13-9-7-6-8-10-13/h6-10,14,16H,11-12H2,1-5H3,(H,21,25)/t14-,16+/m1/s1. The van der Waals surface area contributed by atoms with Gasteiger partial charge in [0.15, 0.2) is 0 Å². The first kappa shape index (κ1) is 23.9. The Morgan fingerprint density at radius 3 is 2.07 bits per heavy atom. The molecule has 29 heavy (non-hydrogen) atoms. The van der Waals surface area contributed by atoms with E-state index in [1.165, 1.54) is 0 Å². The molecule has 0 aliphatic rings. The van der Waals surface area contributed by atoms with Crippen LogP contribution in [0, 0.1) is 5.92 Å². The van der Waals surface area contributed by atoms with Crippen LogP contribution in [0.25, 0.3) is 0 Å². The lowest BCUT2D eigenvalue weighted by Crippen LogP contribution is -2.50. The molecule has 1 rings (SSSR count). The maximum absolute atomic E-state index is 12.2. The summed E-state index contributed by atoms with van der Waals surface area (Å²) in [5.74, 6) is -3.90. The van der Waals surface area contributed by atoms with Gasteiger partial charge >= 0.3 is 24.0 Å². The van der Waals surface area contributed by atoms with Crippen LogP contribution in [0.2, 0.25) is 0 Å². The first-order valence-electron chi connectivity index (χ1n) is 8.92. The number of hydrogen-bond donors (Lipinski definition) is 1. The van der Waals surface area contributed by atoms with Crippen LogP contribution in [-0.4, -0.2) is 49.9 Å². The molecule has 0 bridgehead atoms. The zero-order valence-electron chi connectivity index (χ0n) is 17.2. The monoisotopic (exact) mass is 409 g/mol. The molecule has 0 spiro atoms. The molecule has 0 unspecified atom stereocenters. The Morgan fingerprint density at radius 2 is 1.55 bits per heavy atom. The molecule has 0 radical (unpaired) electrons. The minimum atomic E-state index is -1.50. The zero-order chi connectivity index (χ0) is 22.0. The number of amides is 1. The average molecular weight is 409 g/mol. The van der Waals surface area contributed by atoms with Gasteiger partial charge in [-0.2, -0.15) is 0 Å². The van der Waals surface area contributed by atoms with Crippen LogP contribution >= 0.6 is 0 Å². The topological polar surface area (TPSA) is 117 Å². The summed E-state index contributed by atoms with van der Waals surface area (Å²) in [5, 5.41) is 2.28. The number of rotatable bonds is 8. The highest BCUT2D eigenvalue weighted by Gasteiger charge is 2.39. The van der Waals surface area contributed by atoms with Crippen LogP contribution in [-0.2, 0) is 39.9 Å². The quantitative estimate of drug-likeness (QED) is 0.512. The molecule has 0 aliphatic heterocycles. The first-order valence-corrected chi connectivity index (χ1v) is 8.92. The molecule has 2 atom stereocenters. The molecule has 9 heteroatoms. The number of benzene rings is 1. The summed E-state index contributed by atoms with van der Waals surface area (Å²) in [5.41, 5.74) is -0.0591. The molecular weight excluding hydrogens is 382 g/mol. The lowest BCUT2D eigenvalue weighted by Gasteiger charge is -2.25. The molecular formula is C20H27NO8. The zero-order valence-corrected chi connectivity index (χ0v) is 17.2. The van der Waals surface area contributed by atoms with Gasteiger partial charge in [0.2, 0.25) is 0 Å². The number of nitrogens with one attached hydrogen (secondary N) is 1. The van der Waals surface area contributed by atoms with Crippen molar-refractivity contribution in [3.05, 3.63) is 35.9 Å². The van der Waals surface area contributed by atoms with Gasteiger partial charge in [0.05, 0.1) is 26.6 Å². The summed E-state index contributed by atoms with van der Waals surface area (Å²) < 4.78 is 19.6. The van der Waals surface area contributed by atoms with Gasteiger partial charge in [0.25, 0.3) is 0 Å². The molecule has 1 N–H and O–H groups in total. The normalized spacial score (nSPS) is 12.9. The number of alkyl carbamates (subject to hydrolysis) is 1. The first-order chi connectivity index (χ1) is 13.6. The number of carbonyl (C=O) groups is 4. The molecule has 0 heterocycles. The van der Waals surface area contributed by atoms with Crippen LogP contribution in [0.4, 0.5) is 4.79 Å². The molecule has 1 amide bonds. The lowest BCUT2D eigenvalue weighted by molar-refractivity contribution is -0.163. The Labute approximate surface area is 169 Å². The van der Waals surface area contributed by atoms with Crippen molar-refractivity contribution in [1.82, 2.24) is 5.32 Å². The highest BCUT2D eigenvalue weighted by molar-refractivity contribution is 5.90. The number of ether oxygens (including phenoxy) is 4. The van der Waals surface area contributed by atoms with E-state index in [1.54, 1.807) is 45.0 Å². The molecule has 1 aromatic carbocycles. The van der Waals surface area contributed by atoms with E-state index in [0.717, 1.165) is 19.8 Å². The van der Waals surface area contributed by atoms with Crippen LogP contribution in [0.5, 0.6) is 0 Å². The molecule has 0 saturated carbocycles. The third-order valence-corrected chi connectivity index (χ3v) is 3.65. The minimum Gasteiger partial charge on any atom is -0.469 e. The van der Waals surface area contributed by atoms with Crippen molar-refractivity contribution in [2.24, 2.45) is 5.92 Å². The third kappa shape index (κ3) is 8.63. The molecule has 9 nitrogen and oxygen atoms in total. The van der Waals surface area contributed by atoms with Gasteiger partial charge in [-0.05, 0) is 26.3 Å². The van der Waals surface area contributed by atoms with Crippen LogP contribution in [0.1, 0.15) is 32.8 Å². The number of esters is 3. The lowest BCUT2D eigenvalue weighted by atomic mass is 9.96. The van der Waals surface area contributed by atoms with Gasteiger partial charge in [-0.25, -0.2) is 9.59 Å². The maximum atomic E-state index is 12.2. The third-order valence-electron chi connectivity index (χ3n) is 3.65. The van der Waals surface area contributed by atoms with E-state index in [4.69, 9.17) is 9.47 Å². The molecule has 1 aromatic rings. The van der Waals surface area contributed by atoms with Gasteiger partial charge in [0.1, 0.15) is 18.2 Å². The van der Waals surface area contributed by atoms with Crippen molar-refractivity contribution >= 4 is 24.0 Å². The Balaban J connectivity index is 2.91. The highest BCUT2D eigenvalue weighted by Crippen LogP contribution is 2.18. The molecule has 160 valence electrons. The van der Waals surface area contributed by atoms with Crippen molar-refractivity contribution in [3.63, 3.8) is 0 Å². The highest BCUT2D eigenvalue weighted by atomic mass is 16.6. The van der Waals surface area contributed by atoms with E-state index in [2.05, 4.69) is 14.8 Å². The summed E-state index contributed by atoms with van der Waals surface area (Å²) in [4.78, 5) is 48.7. The summed E-state index contributed by atoms with van der Waals surface area (Å²) in [6.07, 6.45) is -1.45. The van der Waals surface area contributed by atoms with E-state index >= 15 is 0 Å². The predicted octanol–water partition coefficient (Wildman–Crippen LogP) is 1.98. The van der Waals surface area contributed by atoms with E-state index in [-0.39, 0.29) is 6.61 Å². The van der Waals surface area contributed by atoms with E-state index < -0.39 is 48.0 Å². The molecule has 0 saturated heterocycles. The largest absolute Gasteiger partial charge is 0.469 e. The van der Waals surface area contributed by atoms with Crippen LogP contribution < -0.4 is 5.32 Å². The summed E-state index contributed by atoms with van der Waals surface area (Å²) >= 11 is 0. The number of methoxy groups -OCH3 is 2. The second-order valence-electron chi connectivity index (χ2n) is 7.13. The Bertz CT molecular complexity index is 711. The Morgan fingerprint density at radius 1 is 0.966 bits per heavy atom. The van der Waals surface area contributed by atoms with Gasteiger partial charge in [-0.1, -0.05) is 30.3 Å². The van der Waals surface area contributed by atoms with Gasteiger partial charge in [-0.3, -0.25) is 9.59 Å². The van der Waals surface area contributed by atoms with E-state index in [9.17, 15) is 19.2 Å².